The average Bonchev–Trinajstić information content (AvgIpc) is 3.20. The highest BCUT2D eigenvalue weighted by Crippen LogP contribution is 2.16. The minimum atomic E-state index is -0.277. The van der Waals surface area contributed by atoms with E-state index < -0.39 is 0 Å². The second-order valence-electron chi connectivity index (χ2n) is 6.72. The Balaban J connectivity index is 1.36. The Bertz CT molecular complexity index is 804. The number of carbonyl (C=O) groups is 1. The molecule has 0 saturated carbocycles. The van der Waals surface area contributed by atoms with Gasteiger partial charge in [-0.15, -0.1) is 11.3 Å². The zero-order chi connectivity index (χ0) is 21.0. The molecule has 0 bridgehead atoms. The maximum Gasteiger partial charge on any atom is 0.311 e. The van der Waals surface area contributed by atoms with Crippen LogP contribution in [0.2, 0.25) is 0 Å². The van der Waals surface area contributed by atoms with Crippen molar-refractivity contribution in [2.75, 3.05) is 51.5 Å². The zero-order valence-electron chi connectivity index (χ0n) is 17.2. The highest BCUT2D eigenvalue weighted by molar-refractivity contribution is 7.13. The predicted octanol–water partition coefficient (Wildman–Crippen LogP) is 2.80. The first-order valence-electron chi connectivity index (χ1n) is 10.1. The Kier molecular flexibility index (Phi) is 9.07. The van der Waals surface area contributed by atoms with E-state index in [0.29, 0.717) is 24.0 Å². The van der Waals surface area contributed by atoms with E-state index >= 15 is 0 Å². The van der Waals surface area contributed by atoms with Crippen LogP contribution < -0.4 is 10.2 Å². The summed E-state index contributed by atoms with van der Waals surface area (Å²) in [5.74, 6) is 0.576. The van der Waals surface area contributed by atoms with Crippen LogP contribution in [0.4, 0.5) is 5.13 Å². The van der Waals surface area contributed by atoms with Crippen molar-refractivity contribution in [3.8, 4) is 5.75 Å². The van der Waals surface area contributed by atoms with Gasteiger partial charge in [-0.3, -0.25) is 15.1 Å². The second-order valence-corrected chi connectivity index (χ2v) is 7.58. The fourth-order valence-electron chi connectivity index (χ4n) is 2.91. The number of benzene rings is 1. The average molecular weight is 433 g/mol. The van der Waals surface area contributed by atoms with Gasteiger partial charge in [-0.2, -0.15) is 5.10 Å². The van der Waals surface area contributed by atoms with Gasteiger partial charge in [0.1, 0.15) is 5.75 Å². The van der Waals surface area contributed by atoms with Crippen molar-refractivity contribution < 1.29 is 19.0 Å². The SMILES string of the molecule is CCOC(=O)Cc1csc(NN=Cc2ccc(OCCCN3CCOCC3)cc2)n1. The Labute approximate surface area is 180 Å². The number of nitrogens with zero attached hydrogens (tertiary/aromatic N) is 3. The number of nitrogens with one attached hydrogen (secondary N) is 1. The molecule has 30 heavy (non-hydrogen) atoms. The fourth-order valence-corrected chi connectivity index (χ4v) is 3.57. The molecular weight excluding hydrogens is 404 g/mol. The topological polar surface area (TPSA) is 85.3 Å². The number of anilines is 1. The number of hydrogen-bond acceptors (Lipinski definition) is 9. The lowest BCUT2D eigenvalue weighted by Gasteiger charge is -2.26. The number of morpholine rings is 1. The third kappa shape index (κ3) is 7.74. The van der Waals surface area contributed by atoms with Crippen molar-refractivity contribution in [1.82, 2.24) is 9.88 Å². The minimum absolute atomic E-state index is 0.170. The summed E-state index contributed by atoms with van der Waals surface area (Å²) in [6.07, 6.45) is 2.89. The fraction of sp³-hybridized carbons (Fsp3) is 0.476. The molecule has 0 amide bonds. The molecular formula is C21H28N4O4S. The maximum atomic E-state index is 11.5. The number of aromatic nitrogens is 1. The molecule has 1 N–H and O–H groups in total. The molecule has 1 aliphatic heterocycles. The number of rotatable bonds is 11. The number of esters is 1. The van der Waals surface area contributed by atoms with Gasteiger partial charge >= 0.3 is 5.97 Å². The normalized spacial score (nSPS) is 14.7. The molecule has 0 atom stereocenters. The largest absolute Gasteiger partial charge is 0.494 e. The molecule has 0 aliphatic carbocycles. The summed E-state index contributed by atoms with van der Waals surface area (Å²) < 4.78 is 16.1. The van der Waals surface area contributed by atoms with Crippen molar-refractivity contribution in [1.29, 1.82) is 0 Å². The van der Waals surface area contributed by atoms with Gasteiger partial charge in [0, 0.05) is 25.0 Å². The van der Waals surface area contributed by atoms with Crippen LogP contribution in [0, 0.1) is 0 Å². The first-order chi connectivity index (χ1) is 14.7. The molecule has 1 fully saturated rings. The molecule has 2 heterocycles. The van der Waals surface area contributed by atoms with Crippen molar-refractivity contribution in [2.24, 2.45) is 5.10 Å². The molecule has 1 aromatic carbocycles. The summed E-state index contributed by atoms with van der Waals surface area (Å²) in [5, 5.41) is 6.65. The van der Waals surface area contributed by atoms with Crippen LogP contribution in [0.15, 0.2) is 34.7 Å². The summed E-state index contributed by atoms with van der Waals surface area (Å²) >= 11 is 1.39. The quantitative estimate of drug-likeness (QED) is 0.253. The lowest BCUT2D eigenvalue weighted by molar-refractivity contribution is -0.142. The van der Waals surface area contributed by atoms with Gasteiger partial charge < -0.3 is 14.2 Å². The van der Waals surface area contributed by atoms with Gasteiger partial charge in [0.2, 0.25) is 5.13 Å². The number of ether oxygens (including phenoxy) is 3. The Morgan fingerprint density at radius 2 is 2.13 bits per heavy atom. The van der Waals surface area contributed by atoms with Gasteiger partial charge in [-0.1, -0.05) is 0 Å². The van der Waals surface area contributed by atoms with Crippen LogP contribution in [0.5, 0.6) is 5.75 Å². The molecule has 0 spiro atoms. The van der Waals surface area contributed by atoms with E-state index in [1.165, 1.54) is 11.3 Å². The third-order valence-electron chi connectivity index (χ3n) is 4.43. The highest BCUT2D eigenvalue weighted by Gasteiger charge is 2.09. The number of carbonyl (C=O) groups excluding carboxylic acids is 1. The van der Waals surface area contributed by atoms with E-state index in [1.807, 2.05) is 29.6 Å². The summed E-state index contributed by atoms with van der Waals surface area (Å²) in [4.78, 5) is 18.2. The standard InChI is InChI=1S/C21H28N4O4S/c1-2-28-20(26)14-18-16-30-21(23-18)24-22-15-17-4-6-19(7-5-17)29-11-3-8-25-9-12-27-13-10-25/h4-7,15-16H,2-3,8-14H2,1H3,(H,23,24). The van der Waals surface area contributed by atoms with Crippen LogP contribution in [-0.4, -0.2) is 68.1 Å². The lowest BCUT2D eigenvalue weighted by atomic mass is 10.2. The van der Waals surface area contributed by atoms with E-state index in [1.54, 1.807) is 13.1 Å². The molecule has 3 rings (SSSR count). The number of hydrogen-bond donors (Lipinski definition) is 1. The van der Waals surface area contributed by atoms with Gasteiger partial charge in [0.25, 0.3) is 0 Å². The predicted molar refractivity (Wildman–Crippen MR) is 117 cm³/mol. The first kappa shape index (κ1) is 22.2. The molecule has 1 saturated heterocycles. The van der Waals surface area contributed by atoms with Crippen molar-refractivity contribution in [2.45, 2.75) is 19.8 Å². The molecule has 2 aromatic rings. The van der Waals surface area contributed by atoms with Crippen molar-refractivity contribution >= 4 is 28.7 Å². The summed E-state index contributed by atoms with van der Waals surface area (Å²) in [6.45, 7) is 7.57. The van der Waals surface area contributed by atoms with Gasteiger partial charge in [-0.05, 0) is 43.2 Å². The molecule has 0 unspecified atom stereocenters. The molecule has 1 aromatic heterocycles. The van der Waals surface area contributed by atoms with Crippen LogP contribution in [0.1, 0.15) is 24.6 Å². The van der Waals surface area contributed by atoms with Crippen LogP contribution in [0.25, 0.3) is 0 Å². The second kappa shape index (κ2) is 12.3. The smallest absolute Gasteiger partial charge is 0.311 e. The molecule has 162 valence electrons. The van der Waals surface area contributed by atoms with E-state index in [0.717, 1.165) is 50.6 Å². The monoisotopic (exact) mass is 432 g/mol. The lowest BCUT2D eigenvalue weighted by Crippen LogP contribution is -2.37. The Morgan fingerprint density at radius 3 is 2.90 bits per heavy atom. The van der Waals surface area contributed by atoms with Crippen LogP contribution >= 0.6 is 11.3 Å². The van der Waals surface area contributed by atoms with Gasteiger partial charge in [-0.25, -0.2) is 4.98 Å². The Morgan fingerprint density at radius 1 is 1.33 bits per heavy atom. The van der Waals surface area contributed by atoms with Crippen LogP contribution in [0.3, 0.4) is 0 Å². The highest BCUT2D eigenvalue weighted by atomic mass is 32.1. The zero-order valence-corrected chi connectivity index (χ0v) is 18.0. The minimum Gasteiger partial charge on any atom is -0.494 e. The summed E-state index contributed by atoms with van der Waals surface area (Å²) in [7, 11) is 0. The first-order valence-corrected chi connectivity index (χ1v) is 11.0. The van der Waals surface area contributed by atoms with Crippen molar-refractivity contribution in [3.63, 3.8) is 0 Å². The number of hydrazone groups is 1. The van der Waals surface area contributed by atoms with E-state index in [4.69, 9.17) is 14.2 Å². The van der Waals surface area contributed by atoms with Gasteiger partial charge in [0.15, 0.2) is 0 Å². The molecule has 8 nitrogen and oxygen atoms in total. The van der Waals surface area contributed by atoms with Crippen molar-refractivity contribution in [3.05, 3.63) is 40.9 Å². The molecule has 1 aliphatic rings. The summed E-state index contributed by atoms with van der Waals surface area (Å²) in [5.41, 5.74) is 4.51. The van der Waals surface area contributed by atoms with E-state index in [-0.39, 0.29) is 12.4 Å². The Hall–Kier alpha value is -2.49. The van der Waals surface area contributed by atoms with Gasteiger partial charge in [0.05, 0.1) is 44.8 Å². The number of thiazole rings is 1. The molecule has 9 heteroatoms. The summed E-state index contributed by atoms with van der Waals surface area (Å²) in [6, 6.07) is 7.79. The molecule has 0 radical (unpaired) electrons. The third-order valence-corrected chi connectivity index (χ3v) is 5.22. The van der Waals surface area contributed by atoms with E-state index in [2.05, 4.69) is 20.4 Å². The van der Waals surface area contributed by atoms with E-state index in [9.17, 15) is 4.79 Å². The van der Waals surface area contributed by atoms with Crippen LogP contribution in [-0.2, 0) is 20.7 Å². The maximum absolute atomic E-state index is 11.5.